The van der Waals surface area contributed by atoms with Crippen molar-refractivity contribution in [3.05, 3.63) is 0 Å². The van der Waals surface area contributed by atoms with Crippen molar-refractivity contribution in [1.29, 1.82) is 0 Å². The minimum Gasteiger partial charge on any atom is -0.244 e. The molecule has 2 aliphatic heterocycles. The Hall–Kier alpha value is 0.660. The van der Waals surface area contributed by atoms with Crippen LogP contribution in [0.15, 0.2) is 0 Å². The normalized spacial score (nSPS) is 39.0. The Morgan fingerprint density at radius 2 is 1.89 bits per heavy atom. The van der Waals surface area contributed by atoms with Crippen LogP contribution in [0.5, 0.6) is 0 Å². The molecule has 0 amide bonds. The summed E-state index contributed by atoms with van der Waals surface area (Å²) in [7, 11) is 0. The molecule has 2 rings (SSSR count). The van der Waals surface area contributed by atoms with E-state index < -0.39 is 0 Å². The Balaban J connectivity index is 1.97. The molecule has 2 aliphatic rings. The summed E-state index contributed by atoms with van der Waals surface area (Å²) in [5.74, 6) is 2.69. The number of hydrogen-bond donors (Lipinski definition) is 1. The molecule has 9 heavy (non-hydrogen) atoms. The molecule has 52 valence electrons. The molecule has 0 aromatic rings. The molecule has 2 heterocycles. The Labute approximate surface area is 65.7 Å². The zero-order valence-corrected chi connectivity index (χ0v) is 7.05. The number of rotatable bonds is 0. The number of hydrogen-bond acceptors (Lipinski definition) is 3. The van der Waals surface area contributed by atoms with Gasteiger partial charge in [-0.3, -0.25) is 0 Å². The average Bonchev–Trinajstić information content (AvgIpc) is 2.44. The smallest absolute Gasteiger partial charge is 0.0463 e. The van der Waals surface area contributed by atoms with Gasteiger partial charge >= 0.3 is 0 Å². The van der Waals surface area contributed by atoms with Gasteiger partial charge in [0.05, 0.1) is 0 Å². The minimum atomic E-state index is 0.564. The van der Waals surface area contributed by atoms with Crippen LogP contribution in [0.3, 0.4) is 0 Å². The highest BCUT2D eigenvalue weighted by molar-refractivity contribution is 7.99. The van der Waals surface area contributed by atoms with E-state index in [-0.39, 0.29) is 0 Å². The summed E-state index contributed by atoms with van der Waals surface area (Å²) in [5.41, 5.74) is 0.564. The van der Waals surface area contributed by atoms with Crippen LogP contribution in [0.2, 0.25) is 0 Å². The van der Waals surface area contributed by atoms with Gasteiger partial charge in [-0.25, -0.2) is 4.31 Å². The lowest BCUT2D eigenvalue weighted by molar-refractivity contribution is 0.516. The Bertz CT molecular complexity index is 120. The predicted molar refractivity (Wildman–Crippen MR) is 45.0 cm³/mol. The second-order valence-corrected chi connectivity index (χ2v) is 4.60. The third kappa shape index (κ3) is 0.994. The zero-order chi connectivity index (χ0) is 6.32. The number of thiol groups is 1. The molecule has 1 nitrogen and oxygen atoms in total. The highest BCUT2D eigenvalue weighted by Crippen LogP contribution is 2.44. The fraction of sp³-hybridized carbons (Fsp3) is 1.00. The van der Waals surface area contributed by atoms with Crippen molar-refractivity contribution in [2.24, 2.45) is 0 Å². The van der Waals surface area contributed by atoms with Gasteiger partial charge in [-0.05, 0) is 24.3 Å². The van der Waals surface area contributed by atoms with Crippen molar-refractivity contribution in [2.75, 3.05) is 18.1 Å². The maximum atomic E-state index is 4.33. The molecular weight excluding hydrogens is 150 g/mol. The van der Waals surface area contributed by atoms with Crippen LogP contribution in [0, 0.1) is 0 Å². The highest BCUT2D eigenvalue weighted by Gasteiger charge is 2.50. The summed E-state index contributed by atoms with van der Waals surface area (Å²) in [6.07, 6.45) is 2.72. The lowest BCUT2D eigenvalue weighted by Crippen LogP contribution is -2.21. The first-order chi connectivity index (χ1) is 4.33. The maximum Gasteiger partial charge on any atom is 0.0463 e. The quantitative estimate of drug-likeness (QED) is 0.422. The van der Waals surface area contributed by atoms with Crippen molar-refractivity contribution in [1.82, 2.24) is 4.31 Å². The minimum absolute atomic E-state index is 0.564. The third-order valence-corrected chi connectivity index (χ3v) is 3.86. The van der Waals surface area contributed by atoms with Gasteiger partial charge in [-0.1, -0.05) is 12.8 Å². The summed E-state index contributed by atoms with van der Waals surface area (Å²) in [6.45, 7) is 1.23. The second kappa shape index (κ2) is 2.07. The van der Waals surface area contributed by atoms with E-state index in [4.69, 9.17) is 0 Å². The standard InChI is InChI=1S/C6H11NS2/c8-7-5-6(7)1-3-9-4-2-6/h8H,1-5H2. The number of nitrogens with zero attached hydrogens (tertiary/aromatic N) is 1. The van der Waals surface area contributed by atoms with E-state index in [0.29, 0.717) is 5.54 Å². The fourth-order valence-corrected chi connectivity index (χ4v) is 3.13. The van der Waals surface area contributed by atoms with Crippen molar-refractivity contribution >= 4 is 24.6 Å². The lowest BCUT2D eigenvalue weighted by Gasteiger charge is -2.19. The van der Waals surface area contributed by atoms with E-state index in [0.717, 1.165) is 0 Å². The van der Waals surface area contributed by atoms with Crippen LogP contribution in [0.4, 0.5) is 0 Å². The summed E-state index contributed by atoms with van der Waals surface area (Å²) in [6, 6.07) is 0. The van der Waals surface area contributed by atoms with Gasteiger partial charge in [-0.2, -0.15) is 11.8 Å². The molecule has 0 bridgehead atoms. The largest absolute Gasteiger partial charge is 0.244 e. The van der Waals surface area contributed by atoms with Crippen LogP contribution in [-0.4, -0.2) is 27.9 Å². The van der Waals surface area contributed by atoms with Crippen LogP contribution < -0.4 is 0 Å². The van der Waals surface area contributed by atoms with Crippen LogP contribution in [-0.2, 0) is 0 Å². The molecule has 1 spiro atoms. The second-order valence-electron chi connectivity index (χ2n) is 2.89. The first-order valence-corrected chi connectivity index (χ1v) is 4.93. The topological polar surface area (TPSA) is 3.01 Å². The van der Waals surface area contributed by atoms with E-state index in [9.17, 15) is 0 Å². The van der Waals surface area contributed by atoms with Gasteiger partial charge in [0.1, 0.15) is 0 Å². The van der Waals surface area contributed by atoms with E-state index >= 15 is 0 Å². The van der Waals surface area contributed by atoms with Gasteiger partial charge in [0, 0.05) is 12.1 Å². The highest BCUT2D eigenvalue weighted by atomic mass is 32.2. The van der Waals surface area contributed by atoms with Gasteiger partial charge in [0.2, 0.25) is 0 Å². The maximum absolute atomic E-state index is 4.33. The monoisotopic (exact) mass is 161 g/mol. The van der Waals surface area contributed by atoms with E-state index in [2.05, 4.69) is 28.9 Å². The molecule has 2 fully saturated rings. The van der Waals surface area contributed by atoms with Crippen LogP contribution >= 0.6 is 24.6 Å². The van der Waals surface area contributed by atoms with Gasteiger partial charge in [0.25, 0.3) is 0 Å². The summed E-state index contributed by atoms with van der Waals surface area (Å²) in [5, 5.41) is 0. The van der Waals surface area contributed by atoms with Crippen LogP contribution in [0.1, 0.15) is 12.8 Å². The van der Waals surface area contributed by atoms with E-state index in [1.807, 2.05) is 0 Å². The Morgan fingerprint density at radius 1 is 1.33 bits per heavy atom. The average molecular weight is 161 g/mol. The van der Waals surface area contributed by atoms with Gasteiger partial charge in [-0.15, -0.1) is 0 Å². The molecule has 0 aliphatic carbocycles. The van der Waals surface area contributed by atoms with Crippen molar-refractivity contribution < 1.29 is 0 Å². The molecule has 2 saturated heterocycles. The molecular formula is C6H11NS2. The molecule has 1 unspecified atom stereocenters. The predicted octanol–water partition coefficient (Wildman–Crippen LogP) is 1.41. The van der Waals surface area contributed by atoms with E-state index in [1.165, 1.54) is 30.9 Å². The molecule has 1 atom stereocenters. The van der Waals surface area contributed by atoms with Gasteiger partial charge < -0.3 is 0 Å². The number of thioether (sulfide) groups is 1. The molecule has 0 saturated carbocycles. The first-order valence-electron chi connectivity index (χ1n) is 3.38. The van der Waals surface area contributed by atoms with Crippen molar-refractivity contribution in [3.8, 4) is 0 Å². The van der Waals surface area contributed by atoms with Crippen molar-refractivity contribution in [3.63, 3.8) is 0 Å². The molecule has 0 radical (unpaired) electrons. The fourth-order valence-electron chi connectivity index (χ4n) is 1.41. The molecule has 0 aromatic heterocycles. The zero-order valence-electron chi connectivity index (χ0n) is 5.34. The molecule has 0 N–H and O–H groups in total. The molecule has 3 heteroatoms. The third-order valence-electron chi connectivity index (χ3n) is 2.31. The summed E-state index contributed by atoms with van der Waals surface area (Å²) < 4.78 is 2.19. The molecule has 0 aromatic carbocycles. The van der Waals surface area contributed by atoms with E-state index in [1.54, 1.807) is 0 Å². The van der Waals surface area contributed by atoms with Crippen molar-refractivity contribution in [2.45, 2.75) is 18.4 Å². The SMILES string of the molecule is SN1CC12CCSCC2. The van der Waals surface area contributed by atoms with Crippen LogP contribution in [0.25, 0.3) is 0 Å². The lowest BCUT2D eigenvalue weighted by atomic mass is 10.0. The summed E-state index contributed by atoms with van der Waals surface area (Å²) >= 11 is 6.41. The Kier molecular flexibility index (Phi) is 1.47. The van der Waals surface area contributed by atoms with Gasteiger partial charge in [0.15, 0.2) is 0 Å². The summed E-state index contributed by atoms with van der Waals surface area (Å²) in [4.78, 5) is 0. The Morgan fingerprint density at radius 3 is 2.22 bits per heavy atom. The first kappa shape index (κ1) is 6.38.